The zero-order valence-corrected chi connectivity index (χ0v) is 13.6. The fraction of sp³-hybridized carbons (Fsp3) is 0.400. The van der Waals surface area contributed by atoms with Gasteiger partial charge in [0, 0.05) is 12.7 Å². The second kappa shape index (κ2) is 6.11. The molecule has 1 atom stereocenters. The van der Waals surface area contributed by atoms with Crippen molar-refractivity contribution in [2.45, 2.75) is 30.8 Å². The van der Waals surface area contributed by atoms with Crippen LogP contribution in [-0.2, 0) is 27.5 Å². The predicted octanol–water partition coefficient (Wildman–Crippen LogP) is 1.34. The Labute approximate surface area is 134 Å². The summed E-state index contributed by atoms with van der Waals surface area (Å²) in [7, 11) is -3.46. The Morgan fingerprint density at radius 1 is 1.35 bits per heavy atom. The van der Waals surface area contributed by atoms with E-state index >= 15 is 0 Å². The third kappa shape index (κ3) is 3.76. The summed E-state index contributed by atoms with van der Waals surface area (Å²) in [5.41, 5.74) is 2.66. The third-order valence-electron chi connectivity index (χ3n) is 3.99. The van der Waals surface area contributed by atoms with Crippen LogP contribution in [0, 0.1) is 5.92 Å². The maximum Gasteiger partial charge on any atom is 0.249 e. The Kier molecular flexibility index (Phi) is 4.16. The van der Waals surface area contributed by atoms with Crippen LogP contribution in [0.1, 0.15) is 24.0 Å². The molecular formula is C15H18N4O3S. The number of hydrogen-bond acceptors (Lipinski definition) is 5. The first-order valence-corrected chi connectivity index (χ1v) is 9.30. The SMILES string of the molecule is CS(=O)(=O)c1nc(NC(=O)C[C@H]2CCc3ccccc3C2)n[nH]1. The average Bonchev–Trinajstić information content (AvgIpc) is 2.95. The number of nitrogens with zero attached hydrogens (tertiary/aromatic N) is 2. The van der Waals surface area contributed by atoms with Crippen molar-refractivity contribution in [1.29, 1.82) is 0 Å². The van der Waals surface area contributed by atoms with Crippen molar-refractivity contribution in [3.8, 4) is 0 Å². The van der Waals surface area contributed by atoms with E-state index in [1.54, 1.807) is 0 Å². The number of H-pyrrole nitrogens is 1. The van der Waals surface area contributed by atoms with Gasteiger partial charge in [-0.25, -0.2) is 13.5 Å². The van der Waals surface area contributed by atoms with Crippen LogP contribution >= 0.6 is 0 Å². The van der Waals surface area contributed by atoms with Crippen molar-refractivity contribution in [2.75, 3.05) is 11.6 Å². The van der Waals surface area contributed by atoms with Gasteiger partial charge in [-0.3, -0.25) is 10.1 Å². The Balaban J connectivity index is 1.59. The summed E-state index contributed by atoms with van der Waals surface area (Å²) in [6.07, 6.45) is 4.22. The van der Waals surface area contributed by atoms with Crippen molar-refractivity contribution in [3.63, 3.8) is 0 Å². The monoisotopic (exact) mass is 334 g/mol. The number of hydrogen-bond donors (Lipinski definition) is 2. The number of nitrogens with one attached hydrogen (secondary N) is 2. The number of carbonyl (C=O) groups excluding carboxylic acids is 1. The van der Waals surface area contributed by atoms with E-state index in [9.17, 15) is 13.2 Å². The van der Waals surface area contributed by atoms with E-state index in [0.717, 1.165) is 25.5 Å². The maximum atomic E-state index is 12.1. The molecule has 1 aromatic heterocycles. The predicted molar refractivity (Wildman–Crippen MR) is 84.7 cm³/mol. The molecule has 1 aromatic carbocycles. The minimum Gasteiger partial charge on any atom is -0.293 e. The fourth-order valence-electron chi connectivity index (χ4n) is 2.85. The van der Waals surface area contributed by atoms with Crippen LogP contribution in [0.2, 0.25) is 0 Å². The molecule has 2 aromatic rings. The minimum atomic E-state index is -3.46. The van der Waals surface area contributed by atoms with Gasteiger partial charge in [-0.2, -0.15) is 4.98 Å². The Morgan fingerprint density at radius 3 is 2.78 bits per heavy atom. The molecule has 0 radical (unpaired) electrons. The lowest BCUT2D eigenvalue weighted by atomic mass is 9.82. The van der Waals surface area contributed by atoms with E-state index in [0.29, 0.717) is 6.42 Å². The number of rotatable bonds is 4. The summed E-state index contributed by atoms with van der Waals surface area (Å²) in [6, 6.07) is 8.29. The molecule has 0 unspecified atom stereocenters. The van der Waals surface area contributed by atoms with Gasteiger partial charge in [-0.15, -0.1) is 5.10 Å². The summed E-state index contributed by atoms with van der Waals surface area (Å²) in [5.74, 6) is 0.0679. The molecule has 0 aliphatic heterocycles. The van der Waals surface area contributed by atoms with Crippen LogP contribution in [-0.4, -0.2) is 35.8 Å². The standard InChI is InChI=1S/C15H18N4O3S/c1-23(21,22)15-17-14(18-19-15)16-13(20)9-10-6-7-11-4-2-3-5-12(11)8-10/h2-5,10H,6-9H2,1H3,(H2,16,17,18,19,20)/t10-/m0/s1. The van der Waals surface area contributed by atoms with Gasteiger partial charge in [0.25, 0.3) is 0 Å². The van der Waals surface area contributed by atoms with Gasteiger partial charge in [0.15, 0.2) is 0 Å². The summed E-state index contributed by atoms with van der Waals surface area (Å²) in [6.45, 7) is 0. The zero-order valence-electron chi connectivity index (χ0n) is 12.7. The van der Waals surface area contributed by atoms with Crippen molar-refractivity contribution >= 4 is 21.7 Å². The number of amides is 1. The molecule has 0 bridgehead atoms. The van der Waals surface area contributed by atoms with Gasteiger partial charge in [-0.05, 0) is 36.3 Å². The van der Waals surface area contributed by atoms with Crippen LogP contribution in [0.5, 0.6) is 0 Å². The van der Waals surface area contributed by atoms with Gasteiger partial charge in [-0.1, -0.05) is 24.3 Å². The van der Waals surface area contributed by atoms with Crippen LogP contribution in [0.4, 0.5) is 5.95 Å². The summed E-state index contributed by atoms with van der Waals surface area (Å²) >= 11 is 0. The van der Waals surface area contributed by atoms with Gasteiger partial charge in [0.2, 0.25) is 26.8 Å². The van der Waals surface area contributed by atoms with Crippen molar-refractivity contribution in [1.82, 2.24) is 15.2 Å². The molecule has 7 nitrogen and oxygen atoms in total. The Morgan fingerprint density at radius 2 is 2.09 bits per heavy atom. The molecule has 0 saturated carbocycles. The number of benzene rings is 1. The Hall–Kier alpha value is -2.22. The largest absolute Gasteiger partial charge is 0.293 e. The summed E-state index contributed by atoms with van der Waals surface area (Å²) < 4.78 is 22.6. The highest BCUT2D eigenvalue weighted by molar-refractivity contribution is 7.90. The molecule has 122 valence electrons. The van der Waals surface area contributed by atoms with E-state index in [1.165, 1.54) is 11.1 Å². The van der Waals surface area contributed by atoms with Crippen molar-refractivity contribution in [2.24, 2.45) is 5.92 Å². The first-order valence-electron chi connectivity index (χ1n) is 7.41. The number of anilines is 1. The van der Waals surface area contributed by atoms with Crippen molar-refractivity contribution in [3.05, 3.63) is 35.4 Å². The molecule has 1 amide bonds. The van der Waals surface area contributed by atoms with Gasteiger partial charge in [0.1, 0.15) is 0 Å². The molecule has 1 aliphatic carbocycles. The fourth-order valence-corrected chi connectivity index (χ4v) is 3.32. The second-order valence-electron chi connectivity index (χ2n) is 5.87. The van der Waals surface area contributed by atoms with E-state index in [-0.39, 0.29) is 22.9 Å². The quantitative estimate of drug-likeness (QED) is 0.878. The van der Waals surface area contributed by atoms with Crippen LogP contribution in [0.25, 0.3) is 0 Å². The normalized spacial score (nSPS) is 17.5. The molecule has 23 heavy (non-hydrogen) atoms. The first-order chi connectivity index (χ1) is 10.9. The minimum absolute atomic E-state index is 0.00775. The molecule has 1 aliphatic rings. The van der Waals surface area contributed by atoms with Crippen LogP contribution in [0.15, 0.2) is 29.4 Å². The zero-order chi connectivity index (χ0) is 16.4. The van der Waals surface area contributed by atoms with Crippen molar-refractivity contribution < 1.29 is 13.2 Å². The lowest BCUT2D eigenvalue weighted by Crippen LogP contribution is -2.22. The second-order valence-corrected chi connectivity index (χ2v) is 7.80. The highest BCUT2D eigenvalue weighted by Crippen LogP contribution is 2.27. The number of aryl methyl sites for hydroxylation is 1. The highest BCUT2D eigenvalue weighted by atomic mass is 32.2. The number of fused-ring (bicyclic) bond motifs is 1. The lowest BCUT2D eigenvalue weighted by Gasteiger charge is -2.23. The first kappa shape index (κ1) is 15.7. The molecule has 0 saturated heterocycles. The molecule has 0 fully saturated rings. The number of aromatic nitrogens is 3. The number of carbonyl (C=O) groups is 1. The molecule has 8 heteroatoms. The van der Waals surface area contributed by atoms with Gasteiger partial charge >= 0.3 is 0 Å². The van der Waals surface area contributed by atoms with Gasteiger partial charge < -0.3 is 0 Å². The summed E-state index contributed by atoms with van der Waals surface area (Å²) in [5, 5.41) is 8.31. The van der Waals surface area contributed by atoms with Crippen LogP contribution in [0.3, 0.4) is 0 Å². The number of sulfone groups is 1. The topological polar surface area (TPSA) is 105 Å². The summed E-state index contributed by atoms with van der Waals surface area (Å²) in [4.78, 5) is 15.9. The Bertz CT molecular complexity index is 829. The third-order valence-corrected chi connectivity index (χ3v) is 4.88. The van der Waals surface area contributed by atoms with E-state index in [4.69, 9.17) is 0 Å². The molecule has 3 rings (SSSR count). The van der Waals surface area contributed by atoms with E-state index < -0.39 is 9.84 Å². The van der Waals surface area contributed by atoms with Crippen LogP contribution < -0.4 is 5.32 Å². The smallest absolute Gasteiger partial charge is 0.249 e. The van der Waals surface area contributed by atoms with E-state index in [2.05, 4.69) is 32.6 Å². The molecule has 1 heterocycles. The molecule has 2 N–H and O–H groups in total. The van der Waals surface area contributed by atoms with Gasteiger partial charge in [0.05, 0.1) is 0 Å². The average molecular weight is 334 g/mol. The molecule has 0 spiro atoms. The highest BCUT2D eigenvalue weighted by Gasteiger charge is 2.22. The maximum absolute atomic E-state index is 12.1. The molecular weight excluding hydrogens is 316 g/mol. The number of aromatic amines is 1. The van der Waals surface area contributed by atoms with E-state index in [1.807, 2.05) is 12.1 Å². The lowest BCUT2D eigenvalue weighted by molar-refractivity contribution is -0.117.